The summed E-state index contributed by atoms with van der Waals surface area (Å²) >= 11 is 6.02. The lowest BCUT2D eigenvalue weighted by Crippen LogP contribution is -2.20. The predicted molar refractivity (Wildman–Crippen MR) is 94.8 cm³/mol. The minimum atomic E-state index is -4.17. The van der Waals surface area contributed by atoms with E-state index in [2.05, 4.69) is 4.72 Å². The monoisotopic (exact) mass is 399 g/mol. The van der Waals surface area contributed by atoms with Crippen molar-refractivity contribution in [1.29, 1.82) is 0 Å². The fourth-order valence-corrected chi connectivity index (χ4v) is 3.69. The van der Waals surface area contributed by atoms with Crippen molar-refractivity contribution in [2.45, 2.75) is 11.8 Å². The zero-order chi connectivity index (χ0) is 19.5. The van der Waals surface area contributed by atoms with Crippen molar-refractivity contribution in [3.05, 3.63) is 57.1 Å². The molecule has 9 nitrogen and oxygen atoms in total. The van der Waals surface area contributed by atoms with Gasteiger partial charge in [0.2, 0.25) is 0 Å². The molecule has 0 unspecified atom stereocenters. The van der Waals surface area contributed by atoms with Crippen molar-refractivity contribution in [3.8, 4) is 5.75 Å². The first kappa shape index (κ1) is 19.5. The lowest BCUT2D eigenvalue weighted by molar-refractivity contribution is -0.384. The molecule has 0 aliphatic heterocycles. The number of ether oxygens (including phenoxy) is 1. The molecule has 0 heterocycles. The van der Waals surface area contributed by atoms with Crippen LogP contribution in [0.1, 0.15) is 5.56 Å². The van der Waals surface area contributed by atoms with Crippen LogP contribution in [-0.4, -0.2) is 25.9 Å². The molecule has 2 aromatic rings. The van der Waals surface area contributed by atoms with Crippen molar-refractivity contribution in [1.82, 2.24) is 0 Å². The summed E-state index contributed by atoms with van der Waals surface area (Å²) in [5.41, 5.74) is 5.24. The molecule has 0 aromatic heterocycles. The Kier molecular flexibility index (Phi) is 5.68. The molecule has 0 spiro atoms. The number of sulfonamides is 1. The SMILES string of the molecule is Cc1cc(Cl)c(S(=O)(=O)Nc2cccc([N+](=O)[O-])c2)cc1OCC(N)=O. The Morgan fingerprint density at radius 3 is 2.65 bits per heavy atom. The maximum absolute atomic E-state index is 12.6. The zero-order valence-electron chi connectivity index (χ0n) is 13.4. The van der Waals surface area contributed by atoms with Gasteiger partial charge in [-0.1, -0.05) is 17.7 Å². The molecule has 26 heavy (non-hydrogen) atoms. The Balaban J connectivity index is 2.39. The molecular weight excluding hydrogens is 386 g/mol. The first-order chi connectivity index (χ1) is 12.1. The van der Waals surface area contributed by atoms with Gasteiger partial charge in [-0.15, -0.1) is 0 Å². The lowest BCUT2D eigenvalue weighted by atomic mass is 10.2. The summed E-state index contributed by atoms with van der Waals surface area (Å²) in [6.07, 6.45) is 0. The Bertz CT molecular complexity index is 977. The van der Waals surface area contributed by atoms with Crippen molar-refractivity contribution in [3.63, 3.8) is 0 Å². The number of non-ortho nitro benzene ring substituents is 1. The first-order valence-electron chi connectivity index (χ1n) is 7.08. The Morgan fingerprint density at radius 2 is 2.04 bits per heavy atom. The number of nitro benzene ring substituents is 1. The molecule has 0 bridgehead atoms. The van der Waals surface area contributed by atoms with E-state index in [1.807, 2.05) is 0 Å². The molecule has 0 atom stereocenters. The van der Waals surface area contributed by atoms with E-state index in [9.17, 15) is 23.3 Å². The number of hydrogen-bond donors (Lipinski definition) is 2. The van der Waals surface area contributed by atoms with Gasteiger partial charge in [0, 0.05) is 18.2 Å². The normalized spacial score (nSPS) is 11.0. The second kappa shape index (κ2) is 7.58. The van der Waals surface area contributed by atoms with Gasteiger partial charge in [-0.25, -0.2) is 8.42 Å². The summed E-state index contributed by atoms with van der Waals surface area (Å²) in [5, 5.41) is 10.7. The minimum Gasteiger partial charge on any atom is -0.483 e. The van der Waals surface area contributed by atoms with E-state index in [1.54, 1.807) is 6.92 Å². The van der Waals surface area contributed by atoms with Gasteiger partial charge in [-0.3, -0.25) is 19.6 Å². The number of nitrogens with one attached hydrogen (secondary N) is 1. The van der Waals surface area contributed by atoms with E-state index in [-0.39, 0.29) is 27.0 Å². The number of hydrogen-bond acceptors (Lipinski definition) is 6. The molecule has 2 rings (SSSR count). The minimum absolute atomic E-state index is 0.00422. The number of benzene rings is 2. The Morgan fingerprint density at radius 1 is 1.35 bits per heavy atom. The Labute approximate surface area is 153 Å². The van der Waals surface area contributed by atoms with Crippen LogP contribution in [0.5, 0.6) is 5.75 Å². The van der Waals surface area contributed by atoms with E-state index in [0.717, 1.165) is 12.1 Å². The maximum Gasteiger partial charge on any atom is 0.271 e. The van der Waals surface area contributed by atoms with Crippen LogP contribution >= 0.6 is 11.6 Å². The number of carbonyl (C=O) groups excluding carboxylic acids is 1. The van der Waals surface area contributed by atoms with Crippen LogP contribution in [0.4, 0.5) is 11.4 Å². The zero-order valence-corrected chi connectivity index (χ0v) is 15.0. The molecule has 1 amide bonds. The van der Waals surface area contributed by atoms with Crippen LogP contribution in [0.25, 0.3) is 0 Å². The van der Waals surface area contributed by atoms with Crippen LogP contribution in [0.15, 0.2) is 41.3 Å². The van der Waals surface area contributed by atoms with Crippen molar-refractivity contribution in [2.24, 2.45) is 5.73 Å². The van der Waals surface area contributed by atoms with Crippen LogP contribution in [0, 0.1) is 17.0 Å². The number of rotatable bonds is 7. The molecule has 0 radical (unpaired) electrons. The highest BCUT2D eigenvalue weighted by atomic mass is 35.5. The molecule has 0 aliphatic rings. The van der Waals surface area contributed by atoms with Gasteiger partial charge < -0.3 is 10.5 Å². The van der Waals surface area contributed by atoms with Crippen LogP contribution in [0.2, 0.25) is 5.02 Å². The molecule has 0 saturated heterocycles. The van der Waals surface area contributed by atoms with Crippen molar-refractivity contribution >= 4 is 38.9 Å². The van der Waals surface area contributed by atoms with Gasteiger partial charge in [0.25, 0.3) is 21.6 Å². The third-order valence-corrected chi connectivity index (χ3v) is 5.04. The largest absolute Gasteiger partial charge is 0.483 e. The average molecular weight is 400 g/mol. The fourth-order valence-electron chi connectivity index (χ4n) is 2.04. The van der Waals surface area contributed by atoms with Gasteiger partial charge in [0.15, 0.2) is 6.61 Å². The van der Waals surface area contributed by atoms with E-state index < -0.39 is 27.5 Å². The standard InChI is InChI=1S/C15H14ClN3O6S/c1-9-5-12(16)14(7-13(9)25-8-15(17)20)26(23,24)18-10-3-2-4-11(6-10)19(21)22/h2-7,18H,8H2,1H3,(H2,17,20). The number of halogens is 1. The van der Waals surface area contributed by atoms with Crippen LogP contribution in [0.3, 0.4) is 0 Å². The molecule has 0 aliphatic carbocycles. The summed E-state index contributed by atoms with van der Waals surface area (Å²) in [6, 6.07) is 7.52. The number of amides is 1. The number of carbonyl (C=O) groups is 1. The van der Waals surface area contributed by atoms with Crippen molar-refractivity contribution in [2.75, 3.05) is 11.3 Å². The quantitative estimate of drug-likeness (QED) is 0.540. The van der Waals surface area contributed by atoms with E-state index >= 15 is 0 Å². The third kappa shape index (κ3) is 4.61. The predicted octanol–water partition coefficient (Wildman–Crippen LogP) is 2.22. The highest BCUT2D eigenvalue weighted by Gasteiger charge is 2.21. The summed E-state index contributed by atoms with van der Waals surface area (Å²) < 4.78 is 32.6. The highest BCUT2D eigenvalue weighted by molar-refractivity contribution is 7.92. The summed E-state index contributed by atoms with van der Waals surface area (Å²) in [7, 11) is -4.17. The third-order valence-electron chi connectivity index (χ3n) is 3.20. The summed E-state index contributed by atoms with van der Waals surface area (Å²) in [4.78, 5) is 20.7. The average Bonchev–Trinajstić information content (AvgIpc) is 2.53. The Hall–Kier alpha value is -2.85. The van der Waals surface area contributed by atoms with Crippen molar-refractivity contribution < 1.29 is 22.9 Å². The second-order valence-corrected chi connectivity index (χ2v) is 7.27. The number of anilines is 1. The van der Waals surface area contributed by atoms with Gasteiger partial charge in [0.05, 0.1) is 15.6 Å². The summed E-state index contributed by atoms with van der Waals surface area (Å²) in [5.74, 6) is -0.605. The number of nitrogens with two attached hydrogens (primary N) is 1. The maximum atomic E-state index is 12.6. The van der Waals surface area contributed by atoms with Gasteiger partial charge >= 0.3 is 0 Å². The van der Waals surface area contributed by atoms with E-state index in [0.29, 0.717) is 5.56 Å². The summed E-state index contributed by atoms with van der Waals surface area (Å²) in [6.45, 7) is 1.19. The fraction of sp³-hybridized carbons (Fsp3) is 0.133. The smallest absolute Gasteiger partial charge is 0.271 e. The first-order valence-corrected chi connectivity index (χ1v) is 8.95. The van der Waals surface area contributed by atoms with Gasteiger partial charge in [-0.2, -0.15) is 0 Å². The number of primary amides is 1. The molecule has 11 heteroatoms. The van der Waals surface area contributed by atoms with E-state index in [1.165, 1.54) is 24.3 Å². The second-order valence-electron chi connectivity index (χ2n) is 5.22. The molecule has 0 fully saturated rings. The van der Waals surface area contributed by atoms with Crippen LogP contribution < -0.4 is 15.2 Å². The molecule has 138 valence electrons. The van der Waals surface area contributed by atoms with Gasteiger partial charge in [0.1, 0.15) is 10.6 Å². The van der Waals surface area contributed by atoms with Crippen LogP contribution in [-0.2, 0) is 14.8 Å². The molecular formula is C15H14ClN3O6S. The molecule has 0 saturated carbocycles. The number of aryl methyl sites for hydroxylation is 1. The topological polar surface area (TPSA) is 142 Å². The van der Waals surface area contributed by atoms with Gasteiger partial charge in [-0.05, 0) is 24.6 Å². The number of nitrogens with zero attached hydrogens (tertiary/aromatic N) is 1. The molecule has 2 aromatic carbocycles. The highest BCUT2D eigenvalue weighted by Crippen LogP contribution is 2.31. The lowest BCUT2D eigenvalue weighted by Gasteiger charge is -2.13. The van der Waals surface area contributed by atoms with E-state index in [4.69, 9.17) is 22.1 Å². The molecule has 3 N–H and O–H groups in total. The number of nitro groups is 1.